The van der Waals surface area contributed by atoms with E-state index in [0.717, 1.165) is 18.6 Å². The van der Waals surface area contributed by atoms with E-state index in [1.165, 1.54) is 22.3 Å². The highest BCUT2D eigenvalue weighted by molar-refractivity contribution is 5.49. The fraction of sp³-hybridized carbons (Fsp3) is 0.625. The predicted octanol–water partition coefficient (Wildman–Crippen LogP) is 3.01. The van der Waals surface area contributed by atoms with Crippen LogP contribution in [0.3, 0.4) is 0 Å². The van der Waals surface area contributed by atoms with Gasteiger partial charge in [-0.2, -0.15) is 0 Å². The van der Waals surface area contributed by atoms with Crippen molar-refractivity contribution in [1.82, 2.24) is 5.32 Å². The summed E-state index contributed by atoms with van der Waals surface area (Å²) in [5.74, 6) is 0.973. The highest BCUT2D eigenvalue weighted by Gasteiger charge is 2.18. The Morgan fingerprint density at radius 3 is 2.32 bits per heavy atom. The number of nitrogens with two attached hydrogens (primary N) is 1. The zero-order valence-corrected chi connectivity index (χ0v) is 13.1. The second kappa shape index (κ2) is 6.92. The number of benzene rings is 1. The van der Waals surface area contributed by atoms with Crippen molar-refractivity contribution in [2.75, 3.05) is 14.2 Å². The van der Waals surface area contributed by atoms with Crippen LogP contribution in [0.15, 0.2) is 6.07 Å². The Morgan fingerprint density at radius 2 is 1.84 bits per heavy atom. The van der Waals surface area contributed by atoms with Crippen LogP contribution in [0.25, 0.3) is 0 Å². The van der Waals surface area contributed by atoms with Gasteiger partial charge in [-0.15, -0.1) is 0 Å². The van der Waals surface area contributed by atoms with Crippen molar-refractivity contribution >= 4 is 0 Å². The quantitative estimate of drug-likeness (QED) is 0.830. The first-order valence-electron chi connectivity index (χ1n) is 6.99. The van der Waals surface area contributed by atoms with Gasteiger partial charge in [0.1, 0.15) is 5.75 Å². The van der Waals surface area contributed by atoms with Crippen molar-refractivity contribution < 1.29 is 4.74 Å². The molecule has 0 aliphatic carbocycles. The van der Waals surface area contributed by atoms with Gasteiger partial charge in [0.25, 0.3) is 0 Å². The van der Waals surface area contributed by atoms with Gasteiger partial charge in [0.15, 0.2) is 0 Å². The summed E-state index contributed by atoms with van der Waals surface area (Å²) in [6.45, 7) is 8.51. The summed E-state index contributed by atoms with van der Waals surface area (Å²) >= 11 is 0. The molecule has 0 saturated carbocycles. The third-order valence-corrected chi connectivity index (χ3v) is 3.94. The van der Waals surface area contributed by atoms with E-state index in [4.69, 9.17) is 10.5 Å². The first kappa shape index (κ1) is 16.0. The van der Waals surface area contributed by atoms with Gasteiger partial charge < -0.3 is 15.8 Å². The van der Waals surface area contributed by atoms with Crippen LogP contribution in [-0.2, 0) is 0 Å². The molecule has 2 atom stereocenters. The smallest absolute Gasteiger partial charge is 0.122 e. The second-order valence-corrected chi connectivity index (χ2v) is 5.46. The Balaban J connectivity index is 3.13. The summed E-state index contributed by atoms with van der Waals surface area (Å²) in [6.07, 6.45) is 2.08. The Bertz CT molecular complexity index is 427. The van der Waals surface area contributed by atoms with E-state index in [1.54, 1.807) is 7.11 Å². The maximum Gasteiger partial charge on any atom is 0.122 e. The first-order chi connectivity index (χ1) is 8.92. The molecular formula is C16H28N2O. The van der Waals surface area contributed by atoms with Crippen molar-refractivity contribution in [1.29, 1.82) is 0 Å². The molecule has 1 rings (SSSR count). The van der Waals surface area contributed by atoms with Gasteiger partial charge in [-0.1, -0.05) is 0 Å². The largest absolute Gasteiger partial charge is 0.496 e. The predicted molar refractivity (Wildman–Crippen MR) is 81.9 cm³/mol. The zero-order valence-electron chi connectivity index (χ0n) is 13.1. The average molecular weight is 264 g/mol. The van der Waals surface area contributed by atoms with E-state index in [0.29, 0.717) is 6.04 Å². The van der Waals surface area contributed by atoms with Gasteiger partial charge >= 0.3 is 0 Å². The van der Waals surface area contributed by atoms with Crippen LogP contribution >= 0.6 is 0 Å². The summed E-state index contributed by atoms with van der Waals surface area (Å²) in [5.41, 5.74) is 11.1. The molecule has 0 aromatic heterocycles. The number of hydrogen-bond acceptors (Lipinski definition) is 3. The Morgan fingerprint density at radius 1 is 1.21 bits per heavy atom. The maximum atomic E-state index is 5.88. The van der Waals surface area contributed by atoms with Gasteiger partial charge in [0, 0.05) is 12.1 Å². The van der Waals surface area contributed by atoms with Gasteiger partial charge in [-0.05, 0) is 75.9 Å². The lowest BCUT2D eigenvalue weighted by atomic mass is 9.89. The van der Waals surface area contributed by atoms with Crippen molar-refractivity contribution in [3.63, 3.8) is 0 Å². The summed E-state index contributed by atoms with van der Waals surface area (Å²) in [4.78, 5) is 0. The monoisotopic (exact) mass is 264 g/mol. The molecule has 0 saturated heterocycles. The molecule has 1 aromatic carbocycles. The molecule has 0 aliphatic rings. The van der Waals surface area contributed by atoms with Crippen LogP contribution in [-0.4, -0.2) is 20.2 Å². The lowest BCUT2D eigenvalue weighted by molar-refractivity contribution is 0.409. The molecule has 0 fully saturated rings. The van der Waals surface area contributed by atoms with E-state index < -0.39 is 0 Å². The first-order valence-corrected chi connectivity index (χ1v) is 6.99. The summed E-state index contributed by atoms with van der Waals surface area (Å²) in [7, 11) is 3.75. The third-order valence-electron chi connectivity index (χ3n) is 3.94. The van der Waals surface area contributed by atoms with Crippen LogP contribution in [0.5, 0.6) is 5.75 Å². The van der Waals surface area contributed by atoms with Crippen molar-refractivity contribution in [3.05, 3.63) is 28.3 Å². The molecular weight excluding hydrogens is 236 g/mol. The lowest BCUT2D eigenvalue weighted by Crippen LogP contribution is -2.23. The number of nitrogens with one attached hydrogen (secondary N) is 1. The summed E-state index contributed by atoms with van der Waals surface area (Å²) in [5, 5.41) is 3.42. The van der Waals surface area contributed by atoms with E-state index in [9.17, 15) is 0 Å². The molecule has 0 aliphatic heterocycles. The molecule has 108 valence electrons. The van der Waals surface area contributed by atoms with Crippen LogP contribution in [0.1, 0.15) is 48.1 Å². The van der Waals surface area contributed by atoms with E-state index >= 15 is 0 Å². The molecule has 0 heterocycles. The van der Waals surface area contributed by atoms with Crippen molar-refractivity contribution in [2.24, 2.45) is 5.73 Å². The highest BCUT2D eigenvalue weighted by Crippen LogP contribution is 2.33. The minimum absolute atomic E-state index is 0.246. The molecule has 3 heteroatoms. The molecule has 2 unspecified atom stereocenters. The Kier molecular flexibility index (Phi) is 5.83. The number of aryl methyl sites for hydroxylation is 1. The minimum Gasteiger partial charge on any atom is -0.496 e. The fourth-order valence-corrected chi connectivity index (χ4v) is 2.68. The average Bonchev–Trinajstić information content (AvgIpc) is 2.37. The zero-order chi connectivity index (χ0) is 14.6. The highest BCUT2D eigenvalue weighted by atomic mass is 16.5. The number of hydrogen-bond donors (Lipinski definition) is 2. The molecule has 1 aromatic rings. The number of rotatable bonds is 6. The molecule has 0 radical (unpaired) electrons. The summed E-state index contributed by atoms with van der Waals surface area (Å²) in [6, 6.07) is 2.74. The van der Waals surface area contributed by atoms with Crippen LogP contribution < -0.4 is 15.8 Å². The maximum absolute atomic E-state index is 5.88. The van der Waals surface area contributed by atoms with Crippen molar-refractivity contribution in [2.45, 2.75) is 52.6 Å². The fourth-order valence-electron chi connectivity index (χ4n) is 2.68. The Labute approximate surface area is 117 Å². The summed E-state index contributed by atoms with van der Waals surface area (Å²) < 4.78 is 5.43. The van der Waals surface area contributed by atoms with E-state index in [-0.39, 0.29) is 6.04 Å². The number of methoxy groups -OCH3 is 1. The molecule has 3 nitrogen and oxygen atoms in total. The molecule has 0 spiro atoms. The lowest BCUT2D eigenvalue weighted by Gasteiger charge is -2.24. The molecule has 3 N–H and O–H groups in total. The van der Waals surface area contributed by atoms with Crippen LogP contribution in [0.4, 0.5) is 0 Å². The van der Waals surface area contributed by atoms with Gasteiger partial charge in [0.2, 0.25) is 0 Å². The van der Waals surface area contributed by atoms with Gasteiger partial charge in [-0.3, -0.25) is 0 Å². The topological polar surface area (TPSA) is 47.3 Å². The molecule has 0 bridgehead atoms. The van der Waals surface area contributed by atoms with Crippen LogP contribution in [0.2, 0.25) is 0 Å². The second-order valence-electron chi connectivity index (χ2n) is 5.46. The molecule has 19 heavy (non-hydrogen) atoms. The molecule has 0 amide bonds. The van der Waals surface area contributed by atoms with Crippen LogP contribution in [0, 0.1) is 20.8 Å². The van der Waals surface area contributed by atoms with E-state index in [2.05, 4.69) is 39.1 Å². The third kappa shape index (κ3) is 3.71. The Hall–Kier alpha value is -1.06. The number of ether oxygens (including phenoxy) is 1. The normalized spacial score (nSPS) is 14.3. The SMILES string of the molecule is CNC(CCC(C)N)c1c(C)cc(OC)c(C)c1C. The standard InChI is InChI=1S/C16H28N2O/c1-10-9-15(19-6)12(3)13(4)16(10)14(18-5)8-7-11(2)17/h9,11,14,18H,7-8,17H2,1-6H3. The van der Waals surface area contributed by atoms with E-state index in [1.807, 2.05) is 7.05 Å². The minimum atomic E-state index is 0.246. The van der Waals surface area contributed by atoms with Crippen molar-refractivity contribution in [3.8, 4) is 5.75 Å². The van der Waals surface area contributed by atoms with Gasteiger partial charge in [-0.25, -0.2) is 0 Å². The van der Waals surface area contributed by atoms with Gasteiger partial charge in [0.05, 0.1) is 7.11 Å².